The molecule has 0 bridgehead atoms. The van der Waals surface area contributed by atoms with Crippen molar-refractivity contribution in [1.29, 1.82) is 0 Å². The van der Waals surface area contributed by atoms with Crippen molar-refractivity contribution >= 4 is 22.9 Å². The summed E-state index contributed by atoms with van der Waals surface area (Å²) in [6.45, 7) is 5.28. The highest BCUT2D eigenvalue weighted by Gasteiger charge is 2.07. The van der Waals surface area contributed by atoms with E-state index in [1.807, 2.05) is 12.1 Å². The molecule has 0 aliphatic heterocycles. The molecule has 1 amide bonds. The second-order valence-electron chi connectivity index (χ2n) is 6.08. The van der Waals surface area contributed by atoms with Crippen LogP contribution in [-0.2, 0) is 13.0 Å². The maximum Gasteiger partial charge on any atom is 0.251 e. The van der Waals surface area contributed by atoms with Gasteiger partial charge in [-0.15, -0.1) is 11.3 Å². The molecule has 130 valence electrons. The topological polar surface area (TPSA) is 74.2 Å². The number of thiazole rings is 1. The number of rotatable bonds is 9. The van der Waals surface area contributed by atoms with Crippen molar-refractivity contribution in [2.24, 2.45) is 5.92 Å². The van der Waals surface area contributed by atoms with E-state index in [1.54, 1.807) is 23.5 Å². The van der Waals surface area contributed by atoms with E-state index in [-0.39, 0.29) is 19.1 Å². The summed E-state index contributed by atoms with van der Waals surface area (Å²) < 4.78 is 0. The third-order valence-corrected chi connectivity index (χ3v) is 4.49. The summed E-state index contributed by atoms with van der Waals surface area (Å²) in [7, 11) is 0. The lowest BCUT2D eigenvalue weighted by Crippen LogP contribution is -2.26. The molecule has 0 radical (unpaired) electrons. The second kappa shape index (κ2) is 9.39. The zero-order valence-corrected chi connectivity index (χ0v) is 15.0. The van der Waals surface area contributed by atoms with Crippen molar-refractivity contribution in [3.05, 3.63) is 45.9 Å². The van der Waals surface area contributed by atoms with E-state index in [0.29, 0.717) is 18.0 Å². The van der Waals surface area contributed by atoms with Crippen LogP contribution in [0.5, 0.6) is 0 Å². The minimum absolute atomic E-state index is 0.0628. The number of nitrogens with one attached hydrogen (secondary N) is 2. The number of hydrogen-bond acceptors (Lipinski definition) is 5. The molecular formula is C18H25N3O2S. The predicted octanol–water partition coefficient (Wildman–Crippen LogP) is 3.07. The Morgan fingerprint density at radius 2 is 2.21 bits per heavy atom. The second-order valence-corrected chi connectivity index (χ2v) is 7.02. The molecule has 5 nitrogen and oxygen atoms in total. The van der Waals surface area contributed by atoms with Gasteiger partial charge in [0.15, 0.2) is 0 Å². The zero-order chi connectivity index (χ0) is 17.4. The predicted molar refractivity (Wildman–Crippen MR) is 98.5 cm³/mol. The maximum absolute atomic E-state index is 11.9. The Kier molecular flexibility index (Phi) is 7.21. The van der Waals surface area contributed by atoms with E-state index in [1.165, 1.54) is 5.01 Å². The van der Waals surface area contributed by atoms with Crippen LogP contribution in [0.4, 0.5) is 5.69 Å². The third-order valence-electron chi connectivity index (χ3n) is 3.53. The molecule has 0 spiro atoms. The molecule has 0 aliphatic rings. The maximum atomic E-state index is 11.9. The molecule has 1 aromatic heterocycles. The summed E-state index contributed by atoms with van der Waals surface area (Å²) >= 11 is 1.70. The molecule has 2 aromatic rings. The van der Waals surface area contributed by atoms with Gasteiger partial charge < -0.3 is 15.7 Å². The van der Waals surface area contributed by atoms with Gasteiger partial charge in [0.1, 0.15) is 0 Å². The number of carbonyl (C=O) groups is 1. The van der Waals surface area contributed by atoms with Gasteiger partial charge in [0, 0.05) is 23.2 Å². The fraction of sp³-hybridized carbons (Fsp3) is 0.444. The molecule has 0 atom stereocenters. The van der Waals surface area contributed by atoms with Gasteiger partial charge in [-0.1, -0.05) is 19.9 Å². The van der Waals surface area contributed by atoms with Crippen LogP contribution in [0.25, 0.3) is 0 Å². The summed E-state index contributed by atoms with van der Waals surface area (Å²) in [6.07, 6.45) is 2.19. The van der Waals surface area contributed by atoms with Crippen molar-refractivity contribution in [3.8, 4) is 0 Å². The van der Waals surface area contributed by atoms with Crippen molar-refractivity contribution in [1.82, 2.24) is 10.3 Å². The van der Waals surface area contributed by atoms with Crippen LogP contribution in [-0.4, -0.2) is 29.1 Å². The van der Waals surface area contributed by atoms with Crippen molar-refractivity contribution in [2.75, 3.05) is 18.5 Å². The first-order chi connectivity index (χ1) is 11.6. The van der Waals surface area contributed by atoms with Gasteiger partial charge in [0.05, 0.1) is 23.9 Å². The minimum Gasteiger partial charge on any atom is -0.395 e. The minimum atomic E-state index is -0.183. The number of carbonyl (C=O) groups excluding carboxylic acids is 1. The summed E-state index contributed by atoms with van der Waals surface area (Å²) in [5.41, 5.74) is 2.47. The highest BCUT2D eigenvalue weighted by atomic mass is 32.1. The molecule has 24 heavy (non-hydrogen) atoms. The molecule has 1 aromatic carbocycles. The number of aliphatic hydroxyl groups excluding tert-OH is 1. The molecule has 0 saturated heterocycles. The number of benzene rings is 1. The number of aliphatic hydroxyl groups is 1. The molecule has 0 saturated carbocycles. The van der Waals surface area contributed by atoms with Crippen LogP contribution in [0.15, 0.2) is 29.6 Å². The van der Waals surface area contributed by atoms with Crippen molar-refractivity contribution in [3.63, 3.8) is 0 Å². The molecule has 0 unspecified atom stereocenters. The van der Waals surface area contributed by atoms with Crippen LogP contribution in [0, 0.1) is 5.92 Å². The average Bonchev–Trinajstić information content (AvgIpc) is 3.04. The van der Waals surface area contributed by atoms with E-state index < -0.39 is 0 Å². The molecule has 2 rings (SSSR count). The van der Waals surface area contributed by atoms with Crippen molar-refractivity contribution < 1.29 is 9.90 Å². The Hall–Kier alpha value is -1.92. The molecule has 1 heterocycles. The van der Waals surface area contributed by atoms with E-state index in [9.17, 15) is 4.79 Å². The van der Waals surface area contributed by atoms with Gasteiger partial charge in [0.25, 0.3) is 5.91 Å². The number of amides is 1. The van der Waals surface area contributed by atoms with E-state index in [0.717, 1.165) is 24.2 Å². The number of aromatic nitrogens is 1. The lowest BCUT2D eigenvalue weighted by atomic mass is 10.1. The molecule has 0 fully saturated rings. The molecule has 0 aliphatic carbocycles. The van der Waals surface area contributed by atoms with Gasteiger partial charge in [-0.05, 0) is 37.0 Å². The van der Waals surface area contributed by atoms with Crippen LogP contribution < -0.4 is 10.6 Å². The molecule has 6 heteroatoms. The van der Waals surface area contributed by atoms with E-state index in [4.69, 9.17) is 5.11 Å². The van der Waals surface area contributed by atoms with Crippen molar-refractivity contribution in [2.45, 2.75) is 33.2 Å². The number of aryl methyl sites for hydroxylation is 1. The highest BCUT2D eigenvalue weighted by Crippen LogP contribution is 2.16. The fourth-order valence-electron chi connectivity index (χ4n) is 2.19. The van der Waals surface area contributed by atoms with Gasteiger partial charge in [-0.25, -0.2) is 4.98 Å². The quantitative estimate of drug-likeness (QED) is 0.652. The van der Waals surface area contributed by atoms with Crippen LogP contribution in [0.3, 0.4) is 0 Å². The molecular weight excluding hydrogens is 322 g/mol. The first-order valence-electron chi connectivity index (χ1n) is 8.24. The Morgan fingerprint density at radius 3 is 2.96 bits per heavy atom. The lowest BCUT2D eigenvalue weighted by molar-refractivity contribution is 0.0945. The Labute approximate surface area is 147 Å². The first-order valence-corrected chi connectivity index (χ1v) is 9.12. The zero-order valence-electron chi connectivity index (χ0n) is 14.2. The first kappa shape index (κ1) is 18.4. The lowest BCUT2D eigenvalue weighted by Gasteiger charge is -2.07. The SMILES string of the molecule is CC(C)CCc1nc(CNc2cccc(C(=O)NCCO)c2)cs1. The van der Waals surface area contributed by atoms with E-state index in [2.05, 4.69) is 34.8 Å². The number of anilines is 1. The standard InChI is InChI=1S/C18H25N3O2S/c1-13(2)6-7-17-21-16(12-24-17)11-20-15-5-3-4-14(10-15)18(23)19-8-9-22/h3-5,10,12-13,20,22H,6-9,11H2,1-2H3,(H,19,23). The average molecular weight is 347 g/mol. The third kappa shape index (κ3) is 5.94. The Balaban J connectivity index is 1.89. The summed E-state index contributed by atoms with van der Waals surface area (Å²) in [4.78, 5) is 16.5. The smallest absolute Gasteiger partial charge is 0.251 e. The summed E-state index contributed by atoms with van der Waals surface area (Å²) in [5.74, 6) is 0.507. The highest BCUT2D eigenvalue weighted by molar-refractivity contribution is 7.09. The molecule has 3 N–H and O–H groups in total. The summed E-state index contributed by atoms with van der Waals surface area (Å²) in [6, 6.07) is 7.32. The van der Waals surface area contributed by atoms with Gasteiger partial charge in [-0.3, -0.25) is 4.79 Å². The van der Waals surface area contributed by atoms with Crippen LogP contribution >= 0.6 is 11.3 Å². The van der Waals surface area contributed by atoms with Crippen LogP contribution in [0.2, 0.25) is 0 Å². The van der Waals surface area contributed by atoms with Gasteiger partial charge in [0.2, 0.25) is 0 Å². The summed E-state index contributed by atoms with van der Waals surface area (Å²) in [5, 5.41) is 18.0. The van der Waals surface area contributed by atoms with Gasteiger partial charge in [-0.2, -0.15) is 0 Å². The number of hydrogen-bond donors (Lipinski definition) is 3. The fourth-order valence-corrected chi connectivity index (χ4v) is 3.01. The largest absolute Gasteiger partial charge is 0.395 e. The van der Waals surface area contributed by atoms with Crippen LogP contribution in [0.1, 0.15) is 41.3 Å². The van der Waals surface area contributed by atoms with Gasteiger partial charge >= 0.3 is 0 Å². The monoisotopic (exact) mass is 347 g/mol. The normalized spacial score (nSPS) is 10.8. The van der Waals surface area contributed by atoms with E-state index >= 15 is 0 Å². The Bertz CT molecular complexity index is 655. The number of nitrogens with zero attached hydrogens (tertiary/aromatic N) is 1. The Morgan fingerprint density at radius 1 is 1.38 bits per heavy atom.